The lowest BCUT2D eigenvalue weighted by atomic mass is 10.2. The fraction of sp³-hybridized carbons (Fsp3) is 0.316. The van der Waals surface area contributed by atoms with Gasteiger partial charge in [-0.1, -0.05) is 0 Å². The van der Waals surface area contributed by atoms with Crippen molar-refractivity contribution in [2.24, 2.45) is 0 Å². The number of halogens is 1. The van der Waals surface area contributed by atoms with Crippen molar-refractivity contribution in [3.63, 3.8) is 0 Å². The van der Waals surface area contributed by atoms with Crippen LogP contribution in [0.3, 0.4) is 0 Å². The van der Waals surface area contributed by atoms with Crippen LogP contribution in [0, 0.1) is 12.7 Å². The van der Waals surface area contributed by atoms with Crippen LogP contribution in [0.15, 0.2) is 36.4 Å². The second-order valence-corrected chi connectivity index (χ2v) is 6.73. The molecular formula is C19H24FN7. The van der Waals surface area contributed by atoms with E-state index in [2.05, 4.69) is 35.3 Å². The number of aromatic nitrogens is 4. The summed E-state index contributed by atoms with van der Waals surface area (Å²) < 4.78 is 13.3. The third-order valence-electron chi connectivity index (χ3n) is 4.05. The van der Waals surface area contributed by atoms with Gasteiger partial charge >= 0.3 is 0 Å². The molecule has 2 aromatic heterocycles. The first-order valence-corrected chi connectivity index (χ1v) is 8.70. The topological polar surface area (TPSA) is 73.0 Å². The minimum Gasteiger partial charge on any atom is -0.358 e. The monoisotopic (exact) mass is 369 g/mol. The molecule has 0 bridgehead atoms. The number of hydrogen-bond acceptors (Lipinski definition) is 6. The first kappa shape index (κ1) is 18.8. The number of H-pyrrole nitrogens is 1. The van der Waals surface area contributed by atoms with E-state index in [1.165, 1.54) is 12.1 Å². The Morgan fingerprint density at radius 1 is 1.00 bits per heavy atom. The van der Waals surface area contributed by atoms with E-state index in [0.717, 1.165) is 30.2 Å². The average Bonchev–Trinajstić information content (AvgIpc) is 3.04. The third kappa shape index (κ3) is 5.01. The fourth-order valence-corrected chi connectivity index (χ4v) is 2.50. The zero-order valence-electron chi connectivity index (χ0n) is 16.0. The van der Waals surface area contributed by atoms with E-state index in [9.17, 15) is 4.39 Å². The highest BCUT2D eigenvalue weighted by molar-refractivity contribution is 5.64. The molecule has 3 rings (SSSR count). The molecule has 0 saturated carbocycles. The number of aromatic amines is 1. The minimum absolute atomic E-state index is 0.289. The van der Waals surface area contributed by atoms with Gasteiger partial charge in [0.2, 0.25) is 0 Å². The Balaban J connectivity index is 1.94. The number of rotatable bonds is 7. The predicted molar refractivity (Wildman–Crippen MR) is 106 cm³/mol. The zero-order valence-corrected chi connectivity index (χ0v) is 16.0. The molecule has 8 heteroatoms. The van der Waals surface area contributed by atoms with Crippen LogP contribution >= 0.6 is 0 Å². The molecule has 0 aliphatic rings. The molecule has 0 saturated heterocycles. The maximum atomic E-state index is 13.3. The lowest BCUT2D eigenvalue weighted by Crippen LogP contribution is -2.29. The van der Waals surface area contributed by atoms with Crippen LogP contribution in [0.4, 0.5) is 21.8 Å². The molecule has 142 valence electrons. The maximum absolute atomic E-state index is 13.3. The van der Waals surface area contributed by atoms with E-state index in [0.29, 0.717) is 17.5 Å². The van der Waals surface area contributed by atoms with Crippen LogP contribution in [-0.2, 0) is 0 Å². The molecule has 0 aliphatic carbocycles. The number of aryl methyl sites for hydroxylation is 1. The molecule has 0 atom stereocenters. The van der Waals surface area contributed by atoms with Crippen LogP contribution in [0.5, 0.6) is 0 Å². The van der Waals surface area contributed by atoms with Gasteiger partial charge in [0, 0.05) is 43.5 Å². The van der Waals surface area contributed by atoms with Crippen LogP contribution in [0.1, 0.15) is 5.69 Å². The van der Waals surface area contributed by atoms with Gasteiger partial charge in [-0.05, 0) is 45.3 Å². The molecule has 7 nitrogen and oxygen atoms in total. The van der Waals surface area contributed by atoms with Gasteiger partial charge in [0.05, 0.1) is 0 Å². The average molecular weight is 369 g/mol. The summed E-state index contributed by atoms with van der Waals surface area (Å²) in [5.74, 6) is 2.32. The van der Waals surface area contributed by atoms with Crippen LogP contribution in [-0.4, -0.2) is 59.3 Å². The third-order valence-corrected chi connectivity index (χ3v) is 4.05. The second kappa shape index (κ2) is 8.13. The normalized spacial score (nSPS) is 11.0. The van der Waals surface area contributed by atoms with Crippen molar-refractivity contribution in [3.8, 4) is 11.4 Å². The summed E-state index contributed by atoms with van der Waals surface area (Å²) >= 11 is 0. The van der Waals surface area contributed by atoms with Gasteiger partial charge in [0.25, 0.3) is 0 Å². The van der Waals surface area contributed by atoms with Gasteiger partial charge in [0.15, 0.2) is 11.6 Å². The standard InChI is InChI=1S/C19H24FN7/c1-13-11-17(25-24-13)21-16-12-18(27(4)10-9-26(2)3)23-19(22-16)14-5-7-15(20)8-6-14/h5-8,11-12H,9-10H2,1-4H3,(H2,21,22,23,24,25). The number of hydrogen-bond donors (Lipinski definition) is 2. The molecule has 0 amide bonds. The van der Waals surface area contributed by atoms with Crippen molar-refractivity contribution in [2.75, 3.05) is 44.4 Å². The Labute approximate surface area is 158 Å². The van der Waals surface area contributed by atoms with E-state index in [4.69, 9.17) is 0 Å². The Bertz CT molecular complexity index is 889. The summed E-state index contributed by atoms with van der Waals surface area (Å²) in [7, 11) is 6.05. The van der Waals surface area contributed by atoms with E-state index >= 15 is 0 Å². The Morgan fingerprint density at radius 2 is 1.74 bits per heavy atom. The molecule has 0 spiro atoms. The highest BCUT2D eigenvalue weighted by atomic mass is 19.1. The molecule has 3 aromatic rings. The van der Waals surface area contributed by atoms with Crippen molar-refractivity contribution in [2.45, 2.75) is 6.92 Å². The second-order valence-electron chi connectivity index (χ2n) is 6.73. The van der Waals surface area contributed by atoms with Crippen LogP contribution in [0.2, 0.25) is 0 Å². The van der Waals surface area contributed by atoms with Gasteiger partial charge in [0.1, 0.15) is 17.5 Å². The molecule has 1 aromatic carbocycles. The largest absolute Gasteiger partial charge is 0.358 e. The number of nitrogens with zero attached hydrogens (tertiary/aromatic N) is 5. The first-order valence-electron chi connectivity index (χ1n) is 8.70. The van der Waals surface area contributed by atoms with E-state index < -0.39 is 0 Å². The smallest absolute Gasteiger partial charge is 0.163 e. The molecule has 0 fully saturated rings. The quantitative estimate of drug-likeness (QED) is 0.667. The van der Waals surface area contributed by atoms with Gasteiger partial charge in [-0.25, -0.2) is 14.4 Å². The molecule has 0 unspecified atom stereocenters. The fourth-order valence-electron chi connectivity index (χ4n) is 2.50. The summed E-state index contributed by atoms with van der Waals surface area (Å²) in [4.78, 5) is 13.4. The Kier molecular flexibility index (Phi) is 5.66. The van der Waals surface area contributed by atoms with Gasteiger partial charge in [-0.3, -0.25) is 5.10 Å². The Hall–Kier alpha value is -3.00. The van der Waals surface area contributed by atoms with Crippen LogP contribution < -0.4 is 10.2 Å². The Morgan fingerprint density at radius 3 is 2.37 bits per heavy atom. The number of likely N-dealkylation sites (N-methyl/N-ethyl adjacent to an activating group) is 2. The van der Waals surface area contributed by atoms with Crippen molar-refractivity contribution in [1.82, 2.24) is 25.1 Å². The number of anilines is 3. The molecule has 2 N–H and O–H groups in total. The lowest BCUT2D eigenvalue weighted by molar-refractivity contribution is 0.416. The van der Waals surface area contributed by atoms with Crippen molar-refractivity contribution in [1.29, 1.82) is 0 Å². The lowest BCUT2D eigenvalue weighted by Gasteiger charge is -2.21. The summed E-state index contributed by atoms with van der Waals surface area (Å²) in [6, 6.07) is 9.95. The summed E-state index contributed by atoms with van der Waals surface area (Å²) in [5.41, 5.74) is 1.70. The number of benzene rings is 1. The molecule has 27 heavy (non-hydrogen) atoms. The summed E-state index contributed by atoms with van der Waals surface area (Å²) in [6.45, 7) is 3.64. The highest BCUT2D eigenvalue weighted by Crippen LogP contribution is 2.24. The summed E-state index contributed by atoms with van der Waals surface area (Å²) in [6.07, 6.45) is 0. The van der Waals surface area contributed by atoms with Crippen molar-refractivity contribution >= 4 is 17.5 Å². The predicted octanol–water partition coefficient (Wildman–Crippen LogP) is 3.06. The maximum Gasteiger partial charge on any atom is 0.163 e. The van der Waals surface area contributed by atoms with Gasteiger partial charge < -0.3 is 15.1 Å². The van der Waals surface area contributed by atoms with Crippen molar-refractivity contribution < 1.29 is 4.39 Å². The zero-order chi connectivity index (χ0) is 19.4. The van der Waals surface area contributed by atoms with E-state index in [1.54, 1.807) is 12.1 Å². The van der Waals surface area contributed by atoms with Crippen molar-refractivity contribution in [3.05, 3.63) is 47.9 Å². The minimum atomic E-state index is -0.289. The number of nitrogens with one attached hydrogen (secondary N) is 2. The van der Waals surface area contributed by atoms with E-state index in [-0.39, 0.29) is 5.82 Å². The van der Waals surface area contributed by atoms with Crippen LogP contribution in [0.25, 0.3) is 11.4 Å². The SMILES string of the molecule is Cc1cc(Nc2cc(N(C)CCN(C)C)nc(-c3ccc(F)cc3)n2)n[nH]1. The summed E-state index contributed by atoms with van der Waals surface area (Å²) in [5, 5.41) is 10.3. The molecule has 0 aliphatic heterocycles. The first-order chi connectivity index (χ1) is 12.9. The highest BCUT2D eigenvalue weighted by Gasteiger charge is 2.12. The van der Waals surface area contributed by atoms with E-state index in [1.807, 2.05) is 40.2 Å². The molecule has 0 radical (unpaired) electrons. The molecular weight excluding hydrogens is 345 g/mol. The molecule has 2 heterocycles. The van der Waals surface area contributed by atoms with Gasteiger partial charge in [-0.2, -0.15) is 5.10 Å². The van der Waals surface area contributed by atoms with Gasteiger partial charge in [-0.15, -0.1) is 0 Å².